The van der Waals surface area contributed by atoms with Crippen LogP contribution < -0.4 is 0 Å². The zero-order valence-electron chi connectivity index (χ0n) is 6.28. The van der Waals surface area contributed by atoms with Crippen LogP contribution in [0.15, 0.2) is 0 Å². The first-order valence-electron chi connectivity index (χ1n) is 3.23. The molecular weight excluding hydrogens is 136 g/mol. The molecule has 2 N–H and O–H groups in total. The van der Waals surface area contributed by atoms with Crippen LogP contribution in [0.5, 0.6) is 0 Å². The molecule has 0 aromatic heterocycles. The maximum atomic E-state index is 8.65. The van der Waals surface area contributed by atoms with E-state index in [2.05, 4.69) is 9.78 Å². The van der Waals surface area contributed by atoms with E-state index in [0.29, 0.717) is 0 Å². The maximum Gasteiger partial charge on any atom is 0.108 e. The molecule has 0 aliphatic rings. The van der Waals surface area contributed by atoms with E-state index in [4.69, 9.17) is 10.2 Å². The summed E-state index contributed by atoms with van der Waals surface area (Å²) in [5.41, 5.74) is 0. The van der Waals surface area contributed by atoms with E-state index in [1.807, 2.05) is 0 Å². The zero-order valence-corrected chi connectivity index (χ0v) is 6.28. The molecule has 4 heteroatoms. The average molecular weight is 150 g/mol. The van der Waals surface area contributed by atoms with E-state index in [0.717, 1.165) is 0 Å². The highest BCUT2D eigenvalue weighted by Crippen LogP contribution is 1.87. The second-order valence-corrected chi connectivity index (χ2v) is 2.27. The van der Waals surface area contributed by atoms with Crippen LogP contribution in [0.25, 0.3) is 0 Å². The zero-order chi connectivity index (χ0) is 7.98. The van der Waals surface area contributed by atoms with E-state index in [-0.39, 0.29) is 13.2 Å². The van der Waals surface area contributed by atoms with Crippen molar-refractivity contribution in [2.75, 3.05) is 13.2 Å². The summed E-state index contributed by atoms with van der Waals surface area (Å²) in [5, 5.41) is 17.3. The van der Waals surface area contributed by atoms with Crippen molar-refractivity contribution >= 4 is 0 Å². The molecule has 10 heavy (non-hydrogen) atoms. The van der Waals surface area contributed by atoms with Gasteiger partial charge in [0.1, 0.15) is 13.2 Å². The fourth-order valence-corrected chi connectivity index (χ4v) is 0.293. The fourth-order valence-electron chi connectivity index (χ4n) is 0.293. The minimum atomic E-state index is -0.533. The Morgan fingerprint density at radius 3 is 1.50 bits per heavy atom. The lowest BCUT2D eigenvalue weighted by molar-refractivity contribution is -0.312. The molecule has 62 valence electrons. The molecule has 0 aromatic rings. The first-order valence-corrected chi connectivity index (χ1v) is 3.23. The molecule has 2 unspecified atom stereocenters. The standard InChI is InChI=1S/C6H14O4/c1-5(7)3-9-10-4-6(2)8/h5-8H,3-4H2,1-2H3. The van der Waals surface area contributed by atoms with Gasteiger partial charge in [0, 0.05) is 0 Å². The molecule has 0 spiro atoms. The van der Waals surface area contributed by atoms with Gasteiger partial charge < -0.3 is 10.2 Å². The van der Waals surface area contributed by atoms with Crippen LogP contribution >= 0.6 is 0 Å². The van der Waals surface area contributed by atoms with Crippen molar-refractivity contribution in [3.63, 3.8) is 0 Å². The molecular formula is C6H14O4. The van der Waals surface area contributed by atoms with E-state index in [9.17, 15) is 0 Å². The summed E-state index contributed by atoms with van der Waals surface area (Å²) in [7, 11) is 0. The SMILES string of the molecule is CC(O)COOCC(C)O. The first-order chi connectivity index (χ1) is 4.63. The summed E-state index contributed by atoms with van der Waals surface area (Å²) in [6.45, 7) is 3.44. The topological polar surface area (TPSA) is 58.9 Å². The molecule has 2 atom stereocenters. The minimum absolute atomic E-state index is 0.132. The van der Waals surface area contributed by atoms with Crippen LogP contribution in [-0.2, 0) is 9.78 Å². The predicted molar refractivity (Wildman–Crippen MR) is 35.3 cm³/mol. The third-order valence-corrected chi connectivity index (χ3v) is 0.702. The summed E-state index contributed by atoms with van der Waals surface area (Å²) < 4.78 is 0. The number of hydrogen-bond acceptors (Lipinski definition) is 4. The lowest BCUT2D eigenvalue weighted by Gasteiger charge is -2.06. The molecule has 0 aliphatic carbocycles. The van der Waals surface area contributed by atoms with Crippen molar-refractivity contribution < 1.29 is 20.0 Å². The van der Waals surface area contributed by atoms with Crippen molar-refractivity contribution in [2.45, 2.75) is 26.1 Å². The van der Waals surface area contributed by atoms with Crippen molar-refractivity contribution in [3.8, 4) is 0 Å². The Morgan fingerprint density at radius 1 is 1.00 bits per heavy atom. The second kappa shape index (κ2) is 5.61. The largest absolute Gasteiger partial charge is 0.391 e. The van der Waals surface area contributed by atoms with Crippen molar-refractivity contribution in [3.05, 3.63) is 0 Å². The highest BCUT2D eigenvalue weighted by Gasteiger charge is 1.98. The molecule has 0 aliphatic heterocycles. The average Bonchev–Trinajstić information content (AvgIpc) is 1.79. The lowest BCUT2D eigenvalue weighted by Crippen LogP contribution is -2.15. The van der Waals surface area contributed by atoms with Crippen molar-refractivity contribution in [1.82, 2.24) is 0 Å². The monoisotopic (exact) mass is 150 g/mol. The number of aliphatic hydroxyl groups is 2. The third-order valence-electron chi connectivity index (χ3n) is 0.702. The van der Waals surface area contributed by atoms with E-state index >= 15 is 0 Å². The molecule has 0 aromatic carbocycles. The van der Waals surface area contributed by atoms with Gasteiger partial charge in [-0.15, -0.1) is 0 Å². The van der Waals surface area contributed by atoms with Crippen LogP contribution in [0.1, 0.15) is 13.8 Å². The molecule has 0 saturated heterocycles. The van der Waals surface area contributed by atoms with Crippen LogP contribution in [0.3, 0.4) is 0 Å². The van der Waals surface area contributed by atoms with Gasteiger partial charge in [0.05, 0.1) is 12.2 Å². The Hall–Kier alpha value is -0.160. The van der Waals surface area contributed by atoms with Gasteiger partial charge in [-0.05, 0) is 13.8 Å². The van der Waals surface area contributed by atoms with E-state index in [1.54, 1.807) is 13.8 Å². The Morgan fingerprint density at radius 2 is 1.30 bits per heavy atom. The van der Waals surface area contributed by atoms with Gasteiger partial charge in [-0.2, -0.15) is 0 Å². The van der Waals surface area contributed by atoms with E-state index < -0.39 is 12.2 Å². The Kier molecular flexibility index (Phi) is 5.52. The quantitative estimate of drug-likeness (QED) is 0.321. The molecule has 0 bridgehead atoms. The summed E-state index contributed by atoms with van der Waals surface area (Å²) in [6.07, 6.45) is -1.07. The van der Waals surface area contributed by atoms with E-state index in [1.165, 1.54) is 0 Å². The van der Waals surface area contributed by atoms with Crippen molar-refractivity contribution in [1.29, 1.82) is 0 Å². The van der Waals surface area contributed by atoms with Gasteiger partial charge in [-0.1, -0.05) is 0 Å². The molecule has 0 amide bonds. The summed E-state index contributed by atoms with van der Waals surface area (Å²) >= 11 is 0. The highest BCUT2D eigenvalue weighted by molar-refractivity contribution is 4.39. The van der Waals surface area contributed by atoms with Gasteiger partial charge in [0.25, 0.3) is 0 Å². The number of hydrogen-bond donors (Lipinski definition) is 2. The van der Waals surface area contributed by atoms with Gasteiger partial charge in [0.15, 0.2) is 0 Å². The summed E-state index contributed by atoms with van der Waals surface area (Å²) in [4.78, 5) is 8.99. The van der Waals surface area contributed by atoms with Crippen LogP contribution in [0, 0.1) is 0 Å². The van der Waals surface area contributed by atoms with Gasteiger partial charge >= 0.3 is 0 Å². The predicted octanol–water partition coefficient (Wildman–Crippen LogP) is -0.304. The summed E-state index contributed by atoms with van der Waals surface area (Å²) in [6, 6.07) is 0. The van der Waals surface area contributed by atoms with Gasteiger partial charge in [0.2, 0.25) is 0 Å². The lowest BCUT2D eigenvalue weighted by atomic mass is 10.4. The van der Waals surface area contributed by atoms with Crippen LogP contribution in [0.4, 0.5) is 0 Å². The molecule has 0 fully saturated rings. The second-order valence-electron chi connectivity index (χ2n) is 2.27. The van der Waals surface area contributed by atoms with Gasteiger partial charge in [-0.25, -0.2) is 9.78 Å². The fraction of sp³-hybridized carbons (Fsp3) is 1.00. The van der Waals surface area contributed by atoms with Crippen LogP contribution in [0.2, 0.25) is 0 Å². The molecule has 0 heterocycles. The molecule has 0 rings (SSSR count). The number of rotatable bonds is 5. The normalized spacial score (nSPS) is 16.8. The Balaban J connectivity index is 2.91. The van der Waals surface area contributed by atoms with Crippen LogP contribution in [-0.4, -0.2) is 35.6 Å². The Labute approximate surface area is 60.3 Å². The number of aliphatic hydroxyl groups excluding tert-OH is 2. The third kappa shape index (κ3) is 7.84. The highest BCUT2D eigenvalue weighted by atomic mass is 17.2. The Bertz CT molecular complexity index is 62.1. The first kappa shape index (κ1) is 9.84. The maximum absolute atomic E-state index is 8.65. The minimum Gasteiger partial charge on any atom is -0.391 e. The van der Waals surface area contributed by atoms with Crippen molar-refractivity contribution in [2.24, 2.45) is 0 Å². The molecule has 0 saturated carbocycles. The van der Waals surface area contributed by atoms with Gasteiger partial charge in [-0.3, -0.25) is 0 Å². The molecule has 0 radical (unpaired) electrons. The molecule has 4 nitrogen and oxygen atoms in total. The summed E-state index contributed by atoms with van der Waals surface area (Å²) in [5.74, 6) is 0. The smallest absolute Gasteiger partial charge is 0.108 e.